The van der Waals surface area contributed by atoms with Crippen LogP contribution in [0.2, 0.25) is 0 Å². The molecule has 0 aliphatic heterocycles. The zero-order valence-electron chi connectivity index (χ0n) is 22.6. The van der Waals surface area contributed by atoms with Crippen LogP contribution in [0.3, 0.4) is 0 Å². The van der Waals surface area contributed by atoms with Crippen molar-refractivity contribution in [3.63, 3.8) is 0 Å². The summed E-state index contributed by atoms with van der Waals surface area (Å²) in [5.41, 5.74) is 5.85. The lowest BCUT2D eigenvalue weighted by molar-refractivity contribution is -0.154. The van der Waals surface area contributed by atoms with Crippen molar-refractivity contribution < 1.29 is 23.9 Å². The Bertz CT molecular complexity index is 878. The van der Waals surface area contributed by atoms with Crippen molar-refractivity contribution in [3.8, 4) is 0 Å². The minimum atomic E-state index is -0.810. The number of nitrogens with one attached hydrogen (secondary N) is 4. The largest absolute Gasteiger partial charge is 0.460 e. The van der Waals surface area contributed by atoms with Crippen LogP contribution in [0.4, 0.5) is 10.5 Å². The number of primary amides is 1. The fourth-order valence-corrected chi connectivity index (χ4v) is 3.26. The summed E-state index contributed by atoms with van der Waals surface area (Å²) >= 11 is 0. The highest BCUT2D eigenvalue weighted by atomic mass is 16.5. The molecule has 1 rings (SSSR count). The lowest BCUT2D eigenvalue weighted by Crippen LogP contribution is -2.54. The molecule has 0 radical (unpaired) electrons. The second-order valence-corrected chi connectivity index (χ2v) is 10.5. The number of urea groups is 1. The number of anilines is 1. The Labute approximate surface area is 214 Å². The molecule has 1 aromatic carbocycles. The van der Waals surface area contributed by atoms with Gasteiger partial charge in [0.05, 0.1) is 11.5 Å². The highest BCUT2D eigenvalue weighted by Gasteiger charge is 2.28. The molecule has 0 saturated heterocycles. The molecule has 0 bridgehead atoms. The standard InChI is InChI=1S/C26H43N5O5/c1-16(2)21(29-17(3)4)23(33)31-20(9-8-14-28-25(27)35)22(32)30-19-12-10-18(11-13-19)15-36-24(34)26(5,6)7/h10-13,16-17,20-21,29H,8-9,14-15H2,1-7H3,(H,30,32)(H,31,33)(H3,27,28,35)/t20?,21-/m0/s1. The van der Waals surface area contributed by atoms with Crippen LogP contribution in [0.5, 0.6) is 0 Å². The van der Waals surface area contributed by atoms with Crippen molar-refractivity contribution in [3.05, 3.63) is 29.8 Å². The van der Waals surface area contributed by atoms with E-state index in [-0.39, 0.29) is 42.9 Å². The lowest BCUT2D eigenvalue weighted by atomic mass is 9.97. The van der Waals surface area contributed by atoms with Crippen LogP contribution in [0, 0.1) is 11.3 Å². The van der Waals surface area contributed by atoms with E-state index in [1.165, 1.54) is 0 Å². The molecule has 202 valence electrons. The van der Waals surface area contributed by atoms with Crippen molar-refractivity contribution in [1.82, 2.24) is 16.0 Å². The van der Waals surface area contributed by atoms with Crippen LogP contribution in [0.1, 0.15) is 66.9 Å². The van der Waals surface area contributed by atoms with Gasteiger partial charge in [-0.3, -0.25) is 14.4 Å². The summed E-state index contributed by atoms with van der Waals surface area (Å²) in [5.74, 6) is -0.914. The monoisotopic (exact) mass is 505 g/mol. The molecule has 36 heavy (non-hydrogen) atoms. The van der Waals surface area contributed by atoms with Crippen LogP contribution in [-0.2, 0) is 25.7 Å². The first kappa shape index (κ1) is 30.9. The van der Waals surface area contributed by atoms with Gasteiger partial charge in [0.25, 0.3) is 0 Å². The number of nitrogens with two attached hydrogens (primary N) is 1. The zero-order chi connectivity index (χ0) is 27.5. The molecule has 0 saturated carbocycles. The van der Waals surface area contributed by atoms with Crippen LogP contribution < -0.4 is 27.0 Å². The van der Waals surface area contributed by atoms with Crippen molar-refractivity contribution in [2.45, 2.75) is 86.0 Å². The maximum Gasteiger partial charge on any atom is 0.312 e. The second kappa shape index (κ2) is 14.4. The summed E-state index contributed by atoms with van der Waals surface area (Å²) in [4.78, 5) is 49.0. The lowest BCUT2D eigenvalue weighted by Gasteiger charge is -2.27. The Morgan fingerprint density at radius 2 is 1.58 bits per heavy atom. The fraction of sp³-hybridized carbons (Fsp3) is 0.615. The van der Waals surface area contributed by atoms with E-state index in [1.807, 2.05) is 27.7 Å². The molecule has 0 aliphatic rings. The first-order valence-corrected chi connectivity index (χ1v) is 12.4. The average molecular weight is 506 g/mol. The molecular formula is C26H43N5O5. The van der Waals surface area contributed by atoms with Gasteiger partial charge in [0, 0.05) is 18.3 Å². The van der Waals surface area contributed by atoms with Crippen LogP contribution in [0.15, 0.2) is 24.3 Å². The number of carbonyl (C=O) groups excluding carboxylic acids is 4. The van der Waals surface area contributed by atoms with Crippen molar-refractivity contribution in [1.29, 1.82) is 0 Å². The Hall–Kier alpha value is -3.14. The van der Waals surface area contributed by atoms with E-state index in [2.05, 4.69) is 21.3 Å². The molecule has 1 aromatic rings. The summed E-state index contributed by atoms with van der Waals surface area (Å²) in [6, 6.07) is 5.13. The van der Waals surface area contributed by atoms with E-state index < -0.39 is 23.5 Å². The molecule has 0 spiro atoms. The Morgan fingerprint density at radius 1 is 0.972 bits per heavy atom. The van der Waals surface area contributed by atoms with Gasteiger partial charge in [0.1, 0.15) is 12.6 Å². The van der Waals surface area contributed by atoms with Gasteiger partial charge >= 0.3 is 12.0 Å². The number of amides is 4. The molecule has 6 N–H and O–H groups in total. The number of hydrogen-bond donors (Lipinski definition) is 5. The number of ether oxygens (including phenoxy) is 1. The van der Waals surface area contributed by atoms with Gasteiger partial charge in [-0.2, -0.15) is 0 Å². The normalized spacial score (nSPS) is 13.1. The molecule has 0 heterocycles. The first-order chi connectivity index (χ1) is 16.7. The smallest absolute Gasteiger partial charge is 0.312 e. The molecule has 2 atom stereocenters. The van der Waals surface area contributed by atoms with E-state index in [0.29, 0.717) is 18.5 Å². The third-order valence-corrected chi connectivity index (χ3v) is 5.27. The van der Waals surface area contributed by atoms with Crippen LogP contribution in [-0.4, -0.2) is 48.5 Å². The summed E-state index contributed by atoms with van der Waals surface area (Å²) in [6.45, 7) is 13.6. The van der Waals surface area contributed by atoms with E-state index in [1.54, 1.807) is 45.0 Å². The number of rotatable bonds is 13. The van der Waals surface area contributed by atoms with Crippen molar-refractivity contribution >= 4 is 29.5 Å². The van der Waals surface area contributed by atoms with Gasteiger partial charge in [0.15, 0.2) is 0 Å². The summed E-state index contributed by atoms with van der Waals surface area (Å²) in [6.07, 6.45) is 0.758. The van der Waals surface area contributed by atoms with Gasteiger partial charge in [-0.15, -0.1) is 0 Å². The third-order valence-electron chi connectivity index (χ3n) is 5.27. The van der Waals surface area contributed by atoms with Gasteiger partial charge in [-0.25, -0.2) is 4.79 Å². The van der Waals surface area contributed by atoms with Gasteiger partial charge in [-0.05, 0) is 57.2 Å². The van der Waals surface area contributed by atoms with Crippen molar-refractivity contribution in [2.24, 2.45) is 17.1 Å². The first-order valence-electron chi connectivity index (χ1n) is 12.4. The minimum Gasteiger partial charge on any atom is -0.460 e. The summed E-state index contributed by atoms with van der Waals surface area (Å²) < 4.78 is 5.32. The molecule has 4 amide bonds. The molecule has 10 nitrogen and oxygen atoms in total. The van der Waals surface area contributed by atoms with Gasteiger partial charge in [-0.1, -0.05) is 39.8 Å². The maximum absolute atomic E-state index is 13.1. The Morgan fingerprint density at radius 3 is 2.08 bits per heavy atom. The van der Waals surface area contributed by atoms with E-state index >= 15 is 0 Å². The number of carbonyl (C=O) groups is 4. The summed E-state index contributed by atoms with van der Waals surface area (Å²) in [5, 5.41) is 11.4. The highest BCUT2D eigenvalue weighted by molar-refractivity contribution is 5.97. The Kier molecular flexibility index (Phi) is 12.4. The minimum absolute atomic E-state index is 0.0209. The molecule has 0 aliphatic carbocycles. The molecule has 0 fully saturated rings. The third kappa shape index (κ3) is 11.5. The maximum atomic E-state index is 13.1. The van der Waals surface area contributed by atoms with Gasteiger partial charge < -0.3 is 31.7 Å². The Balaban J connectivity index is 2.86. The summed E-state index contributed by atoms with van der Waals surface area (Å²) in [7, 11) is 0. The van der Waals surface area contributed by atoms with Gasteiger partial charge in [0.2, 0.25) is 11.8 Å². The molecular weight excluding hydrogens is 462 g/mol. The predicted octanol–water partition coefficient (Wildman–Crippen LogP) is 2.67. The van der Waals surface area contributed by atoms with E-state index in [0.717, 1.165) is 5.56 Å². The van der Waals surface area contributed by atoms with E-state index in [4.69, 9.17) is 10.5 Å². The number of hydrogen-bond acceptors (Lipinski definition) is 6. The highest BCUT2D eigenvalue weighted by Crippen LogP contribution is 2.17. The molecule has 1 unspecified atom stereocenters. The second-order valence-electron chi connectivity index (χ2n) is 10.5. The predicted molar refractivity (Wildman–Crippen MR) is 140 cm³/mol. The van der Waals surface area contributed by atoms with Crippen LogP contribution in [0.25, 0.3) is 0 Å². The van der Waals surface area contributed by atoms with E-state index in [9.17, 15) is 19.2 Å². The quantitative estimate of drug-likeness (QED) is 0.205. The fourth-order valence-electron chi connectivity index (χ4n) is 3.26. The topological polar surface area (TPSA) is 152 Å². The van der Waals surface area contributed by atoms with Crippen LogP contribution >= 0.6 is 0 Å². The SMILES string of the molecule is CC(C)N[C@H](C(=O)NC(CCCNC(N)=O)C(=O)Nc1ccc(COC(=O)C(C)(C)C)cc1)C(C)C. The average Bonchev–Trinajstić information content (AvgIpc) is 2.77. The van der Waals surface area contributed by atoms with Crippen molar-refractivity contribution in [2.75, 3.05) is 11.9 Å². The molecule has 0 aromatic heterocycles. The number of benzene rings is 1. The zero-order valence-corrected chi connectivity index (χ0v) is 22.6. The number of esters is 1. The molecule has 10 heteroatoms.